The minimum absolute atomic E-state index is 0.0391. The van der Waals surface area contributed by atoms with E-state index in [1.165, 1.54) is 0 Å². The second-order valence-electron chi connectivity index (χ2n) is 6.46. The number of fused-ring (bicyclic) bond motifs is 1. The van der Waals surface area contributed by atoms with E-state index < -0.39 is 0 Å². The summed E-state index contributed by atoms with van der Waals surface area (Å²) in [6.07, 6.45) is 1.80. The van der Waals surface area contributed by atoms with E-state index in [0.29, 0.717) is 12.1 Å². The molecule has 134 valence electrons. The predicted octanol–water partition coefficient (Wildman–Crippen LogP) is 2.29. The Morgan fingerprint density at radius 2 is 2.00 bits per heavy atom. The summed E-state index contributed by atoms with van der Waals surface area (Å²) in [6, 6.07) is 13.9. The average Bonchev–Trinajstić information content (AvgIpc) is 3.16. The maximum absolute atomic E-state index is 12.5. The molecule has 26 heavy (non-hydrogen) atoms. The molecule has 0 atom stereocenters. The van der Waals surface area contributed by atoms with Gasteiger partial charge in [-0.3, -0.25) is 14.8 Å². The van der Waals surface area contributed by atoms with Gasteiger partial charge in [-0.25, -0.2) is 0 Å². The summed E-state index contributed by atoms with van der Waals surface area (Å²) in [6.45, 7) is 4.91. The van der Waals surface area contributed by atoms with Crippen LogP contribution in [0.1, 0.15) is 10.4 Å². The lowest BCUT2D eigenvalue weighted by Crippen LogP contribution is -2.41. The Morgan fingerprint density at radius 1 is 1.15 bits per heavy atom. The number of ether oxygens (including phenoxy) is 1. The number of nitrogens with one attached hydrogen (secondary N) is 2. The van der Waals surface area contributed by atoms with Crippen molar-refractivity contribution in [3.63, 3.8) is 0 Å². The van der Waals surface area contributed by atoms with E-state index in [9.17, 15) is 4.79 Å². The topological polar surface area (TPSA) is 70.2 Å². The van der Waals surface area contributed by atoms with E-state index in [2.05, 4.69) is 26.5 Å². The van der Waals surface area contributed by atoms with Crippen molar-refractivity contribution in [2.24, 2.45) is 0 Å². The fourth-order valence-electron chi connectivity index (χ4n) is 3.21. The third kappa shape index (κ3) is 3.76. The number of nitrogens with zero attached hydrogens (tertiary/aromatic N) is 2. The Bertz CT molecular complexity index is 899. The van der Waals surface area contributed by atoms with Crippen LogP contribution >= 0.6 is 0 Å². The van der Waals surface area contributed by atoms with Crippen molar-refractivity contribution in [2.75, 3.05) is 39.4 Å². The summed E-state index contributed by atoms with van der Waals surface area (Å²) in [7, 11) is 0. The van der Waals surface area contributed by atoms with Crippen molar-refractivity contribution in [2.45, 2.75) is 0 Å². The second-order valence-corrected chi connectivity index (χ2v) is 6.46. The third-order valence-electron chi connectivity index (χ3n) is 4.72. The van der Waals surface area contributed by atoms with Crippen LogP contribution in [0.2, 0.25) is 0 Å². The molecular weight excluding hydrogens is 328 g/mol. The Labute approximate surface area is 152 Å². The van der Waals surface area contributed by atoms with Crippen LogP contribution in [0, 0.1) is 0 Å². The molecule has 0 spiro atoms. The minimum Gasteiger partial charge on any atom is -0.379 e. The standard InChI is InChI=1S/C20H22N4O2/c25-20(21-6-7-24-8-10-26-11-9-24)17-3-1-2-15(12-17)16-4-5-18-14-22-23-19(18)13-16/h1-5,12-14H,6-11H2,(H,21,25)(H,22,23). The van der Waals surface area contributed by atoms with E-state index >= 15 is 0 Å². The number of H-pyrrole nitrogens is 1. The molecule has 4 rings (SSSR count). The van der Waals surface area contributed by atoms with E-state index in [0.717, 1.165) is 54.9 Å². The smallest absolute Gasteiger partial charge is 0.251 e. The first-order chi connectivity index (χ1) is 12.8. The van der Waals surface area contributed by atoms with Crippen molar-refractivity contribution in [1.29, 1.82) is 0 Å². The van der Waals surface area contributed by atoms with Gasteiger partial charge < -0.3 is 10.1 Å². The molecule has 0 radical (unpaired) electrons. The molecular formula is C20H22N4O2. The van der Waals surface area contributed by atoms with Gasteiger partial charge in [0.2, 0.25) is 0 Å². The Balaban J connectivity index is 1.42. The number of aromatic amines is 1. The first-order valence-electron chi connectivity index (χ1n) is 8.91. The Hall–Kier alpha value is -2.70. The Kier molecular flexibility index (Phi) is 4.95. The van der Waals surface area contributed by atoms with Crippen LogP contribution in [0.4, 0.5) is 0 Å². The molecule has 2 heterocycles. The molecule has 1 fully saturated rings. The molecule has 0 bridgehead atoms. The molecule has 1 saturated heterocycles. The number of hydrogen-bond acceptors (Lipinski definition) is 4. The number of carbonyl (C=O) groups excluding carboxylic acids is 1. The third-order valence-corrected chi connectivity index (χ3v) is 4.72. The number of hydrogen-bond donors (Lipinski definition) is 2. The van der Waals surface area contributed by atoms with Gasteiger partial charge in [0.05, 0.1) is 24.9 Å². The van der Waals surface area contributed by atoms with Gasteiger partial charge >= 0.3 is 0 Å². The van der Waals surface area contributed by atoms with Crippen LogP contribution in [-0.2, 0) is 4.74 Å². The molecule has 1 aliphatic heterocycles. The molecule has 3 aromatic rings. The molecule has 6 heteroatoms. The zero-order chi connectivity index (χ0) is 17.8. The molecule has 0 saturated carbocycles. The van der Waals surface area contributed by atoms with Crippen LogP contribution in [0.15, 0.2) is 48.7 Å². The van der Waals surface area contributed by atoms with Crippen molar-refractivity contribution in [3.8, 4) is 11.1 Å². The molecule has 1 aliphatic rings. The first kappa shape index (κ1) is 16.8. The van der Waals surface area contributed by atoms with Crippen LogP contribution in [0.3, 0.4) is 0 Å². The molecule has 0 aliphatic carbocycles. The summed E-state index contributed by atoms with van der Waals surface area (Å²) < 4.78 is 5.34. The maximum Gasteiger partial charge on any atom is 0.251 e. The summed E-state index contributed by atoms with van der Waals surface area (Å²) in [5.74, 6) is -0.0391. The zero-order valence-electron chi connectivity index (χ0n) is 14.6. The highest BCUT2D eigenvalue weighted by molar-refractivity contribution is 5.95. The summed E-state index contributed by atoms with van der Waals surface area (Å²) in [5, 5.41) is 11.1. The van der Waals surface area contributed by atoms with Crippen molar-refractivity contribution < 1.29 is 9.53 Å². The summed E-state index contributed by atoms with van der Waals surface area (Å²) >= 11 is 0. The fourth-order valence-corrected chi connectivity index (χ4v) is 3.21. The van der Waals surface area contributed by atoms with Gasteiger partial charge in [0.1, 0.15) is 0 Å². The first-order valence-corrected chi connectivity index (χ1v) is 8.91. The van der Waals surface area contributed by atoms with Crippen LogP contribution in [0.5, 0.6) is 0 Å². The van der Waals surface area contributed by atoms with E-state index in [1.807, 2.05) is 36.4 Å². The van der Waals surface area contributed by atoms with Crippen molar-refractivity contribution in [1.82, 2.24) is 20.4 Å². The van der Waals surface area contributed by atoms with Crippen LogP contribution in [0.25, 0.3) is 22.0 Å². The minimum atomic E-state index is -0.0391. The van der Waals surface area contributed by atoms with Crippen LogP contribution < -0.4 is 5.32 Å². The number of aromatic nitrogens is 2. The molecule has 0 unspecified atom stereocenters. The maximum atomic E-state index is 12.5. The highest BCUT2D eigenvalue weighted by atomic mass is 16.5. The quantitative estimate of drug-likeness (QED) is 0.741. The molecule has 1 amide bonds. The lowest BCUT2D eigenvalue weighted by molar-refractivity contribution is 0.0383. The monoisotopic (exact) mass is 350 g/mol. The number of benzene rings is 2. The summed E-state index contributed by atoms with van der Waals surface area (Å²) in [4.78, 5) is 14.8. The normalized spacial score (nSPS) is 15.2. The summed E-state index contributed by atoms with van der Waals surface area (Å²) in [5.41, 5.74) is 3.74. The number of carbonyl (C=O) groups is 1. The second kappa shape index (κ2) is 7.68. The highest BCUT2D eigenvalue weighted by Gasteiger charge is 2.11. The van der Waals surface area contributed by atoms with Gasteiger partial charge in [0.15, 0.2) is 0 Å². The van der Waals surface area contributed by atoms with Gasteiger partial charge in [0.25, 0.3) is 5.91 Å². The fraction of sp³-hybridized carbons (Fsp3) is 0.300. The van der Waals surface area contributed by atoms with E-state index in [4.69, 9.17) is 4.74 Å². The van der Waals surface area contributed by atoms with Gasteiger partial charge in [0, 0.05) is 37.1 Å². The molecule has 2 N–H and O–H groups in total. The lowest BCUT2D eigenvalue weighted by Gasteiger charge is -2.26. The zero-order valence-corrected chi connectivity index (χ0v) is 14.6. The average molecular weight is 350 g/mol. The largest absolute Gasteiger partial charge is 0.379 e. The van der Waals surface area contributed by atoms with Gasteiger partial charge in [-0.15, -0.1) is 0 Å². The molecule has 2 aromatic carbocycles. The number of rotatable bonds is 5. The Morgan fingerprint density at radius 3 is 2.88 bits per heavy atom. The lowest BCUT2D eigenvalue weighted by atomic mass is 10.0. The number of amides is 1. The van der Waals surface area contributed by atoms with Gasteiger partial charge in [-0.05, 0) is 29.3 Å². The molecule has 6 nitrogen and oxygen atoms in total. The van der Waals surface area contributed by atoms with Gasteiger partial charge in [-0.1, -0.05) is 24.3 Å². The highest BCUT2D eigenvalue weighted by Crippen LogP contribution is 2.24. The SMILES string of the molecule is O=C(NCCN1CCOCC1)c1cccc(-c2ccc3cn[nH]c3c2)c1. The predicted molar refractivity (Wildman–Crippen MR) is 101 cm³/mol. The van der Waals surface area contributed by atoms with Crippen molar-refractivity contribution >= 4 is 16.8 Å². The van der Waals surface area contributed by atoms with E-state index in [1.54, 1.807) is 6.20 Å². The van der Waals surface area contributed by atoms with E-state index in [-0.39, 0.29) is 5.91 Å². The molecule has 1 aromatic heterocycles. The van der Waals surface area contributed by atoms with Crippen molar-refractivity contribution in [3.05, 3.63) is 54.2 Å². The van der Waals surface area contributed by atoms with Gasteiger partial charge in [-0.2, -0.15) is 5.10 Å². The van der Waals surface area contributed by atoms with Crippen LogP contribution in [-0.4, -0.2) is 60.4 Å². The number of morpholine rings is 1.